The van der Waals surface area contributed by atoms with Crippen molar-refractivity contribution >= 4 is 29.1 Å². The number of rotatable bonds is 5. The second kappa shape index (κ2) is 9.14. The summed E-state index contributed by atoms with van der Waals surface area (Å²) in [4.78, 5) is 30.2. The van der Waals surface area contributed by atoms with Crippen LogP contribution in [0.2, 0.25) is 0 Å². The highest BCUT2D eigenvalue weighted by Gasteiger charge is 2.49. The molecule has 6 heteroatoms. The minimum absolute atomic E-state index is 0.167. The molecular weight excluding hydrogens is 402 g/mol. The van der Waals surface area contributed by atoms with Crippen LogP contribution in [0.4, 0.5) is 21.9 Å². The van der Waals surface area contributed by atoms with Gasteiger partial charge >= 0.3 is 6.09 Å². The zero-order valence-electron chi connectivity index (χ0n) is 18.1. The first-order valence-electron chi connectivity index (χ1n) is 10.7. The number of para-hydroxylation sites is 1. The van der Waals surface area contributed by atoms with Gasteiger partial charge in [-0.1, -0.05) is 48.5 Å². The third-order valence-electron chi connectivity index (χ3n) is 5.90. The van der Waals surface area contributed by atoms with Crippen molar-refractivity contribution in [1.29, 1.82) is 0 Å². The highest BCUT2D eigenvalue weighted by molar-refractivity contribution is 6.07. The van der Waals surface area contributed by atoms with Crippen LogP contribution in [0, 0.1) is 0 Å². The van der Waals surface area contributed by atoms with E-state index in [0.29, 0.717) is 24.3 Å². The standard InChI is InChI=1S/C26H27N3O3/c1-26(17-8-18-28(26)25(31)32-19-20-9-4-2-5-10-20)24(30)29(22-11-6-3-7-12-22)23-15-13-21(27)14-16-23/h2-7,9-16H,8,17-19,27H2,1H3. The minimum atomic E-state index is -1.02. The van der Waals surface area contributed by atoms with E-state index in [1.165, 1.54) is 0 Å². The van der Waals surface area contributed by atoms with Crippen LogP contribution in [-0.2, 0) is 16.1 Å². The SMILES string of the molecule is CC1(C(=O)N(c2ccccc2)c2ccc(N)cc2)CCCN1C(=O)OCc1ccccc1. The topological polar surface area (TPSA) is 75.9 Å². The van der Waals surface area contributed by atoms with Crippen molar-refractivity contribution in [3.63, 3.8) is 0 Å². The Hall–Kier alpha value is -3.80. The summed E-state index contributed by atoms with van der Waals surface area (Å²) in [6.45, 7) is 2.46. The molecule has 1 fully saturated rings. The highest BCUT2D eigenvalue weighted by Crippen LogP contribution is 2.36. The molecule has 1 heterocycles. The number of anilines is 3. The van der Waals surface area contributed by atoms with Gasteiger partial charge in [-0.05, 0) is 61.7 Å². The Labute approximate surface area is 188 Å². The third kappa shape index (κ3) is 4.30. The van der Waals surface area contributed by atoms with Gasteiger partial charge in [0.15, 0.2) is 0 Å². The number of likely N-dealkylation sites (tertiary alicyclic amines) is 1. The molecule has 1 atom stereocenters. The molecule has 1 aliphatic heterocycles. The molecule has 0 bridgehead atoms. The second-order valence-electron chi connectivity index (χ2n) is 8.14. The van der Waals surface area contributed by atoms with E-state index in [1.807, 2.05) is 79.7 Å². The van der Waals surface area contributed by atoms with Crippen molar-refractivity contribution in [2.45, 2.75) is 31.9 Å². The minimum Gasteiger partial charge on any atom is -0.445 e. The Morgan fingerprint density at radius 1 is 0.938 bits per heavy atom. The Morgan fingerprint density at radius 3 is 2.19 bits per heavy atom. The first kappa shape index (κ1) is 21.4. The van der Waals surface area contributed by atoms with Crippen LogP contribution in [0.3, 0.4) is 0 Å². The molecule has 3 aromatic rings. The average molecular weight is 430 g/mol. The van der Waals surface area contributed by atoms with Gasteiger partial charge in [-0.2, -0.15) is 0 Å². The predicted molar refractivity (Wildman–Crippen MR) is 125 cm³/mol. The first-order valence-corrected chi connectivity index (χ1v) is 10.7. The number of nitrogens with zero attached hydrogens (tertiary/aromatic N) is 2. The van der Waals surface area contributed by atoms with Gasteiger partial charge in [-0.3, -0.25) is 14.6 Å². The van der Waals surface area contributed by atoms with Crippen LogP contribution in [0.25, 0.3) is 0 Å². The van der Waals surface area contributed by atoms with Crippen LogP contribution >= 0.6 is 0 Å². The lowest BCUT2D eigenvalue weighted by molar-refractivity contribution is -0.126. The summed E-state index contributed by atoms with van der Waals surface area (Å²) >= 11 is 0. The number of nitrogens with two attached hydrogens (primary N) is 1. The van der Waals surface area contributed by atoms with Crippen LogP contribution in [-0.4, -0.2) is 29.0 Å². The Balaban J connectivity index is 1.61. The van der Waals surface area contributed by atoms with E-state index in [-0.39, 0.29) is 12.5 Å². The first-order chi connectivity index (χ1) is 15.5. The lowest BCUT2D eigenvalue weighted by atomic mass is 9.96. The quantitative estimate of drug-likeness (QED) is 0.571. The number of nitrogen functional groups attached to an aromatic ring is 1. The van der Waals surface area contributed by atoms with Crippen LogP contribution in [0.1, 0.15) is 25.3 Å². The van der Waals surface area contributed by atoms with Crippen LogP contribution in [0.15, 0.2) is 84.9 Å². The second-order valence-corrected chi connectivity index (χ2v) is 8.14. The molecule has 0 aromatic heterocycles. The summed E-state index contributed by atoms with van der Waals surface area (Å²) in [5.74, 6) is -0.178. The van der Waals surface area contributed by atoms with Crippen molar-refractivity contribution in [3.8, 4) is 0 Å². The lowest BCUT2D eigenvalue weighted by Crippen LogP contribution is -2.55. The van der Waals surface area contributed by atoms with Gasteiger partial charge in [-0.15, -0.1) is 0 Å². The number of hydrogen-bond acceptors (Lipinski definition) is 4. The van der Waals surface area contributed by atoms with E-state index < -0.39 is 11.6 Å². The Bertz CT molecular complexity index is 1070. The van der Waals surface area contributed by atoms with E-state index in [1.54, 1.807) is 21.9 Å². The molecule has 2 N–H and O–H groups in total. The van der Waals surface area contributed by atoms with Crippen LogP contribution in [0.5, 0.6) is 0 Å². The summed E-state index contributed by atoms with van der Waals surface area (Å²) in [6, 6.07) is 26.1. The fourth-order valence-electron chi connectivity index (χ4n) is 4.10. The largest absolute Gasteiger partial charge is 0.445 e. The van der Waals surface area contributed by atoms with Gasteiger partial charge in [0, 0.05) is 23.6 Å². The van der Waals surface area contributed by atoms with Crippen molar-refractivity contribution < 1.29 is 14.3 Å². The molecule has 1 saturated heterocycles. The van der Waals surface area contributed by atoms with Gasteiger partial charge in [-0.25, -0.2) is 4.79 Å². The molecule has 0 saturated carbocycles. The van der Waals surface area contributed by atoms with Gasteiger partial charge in [0.1, 0.15) is 12.1 Å². The van der Waals surface area contributed by atoms with Gasteiger partial charge in [0.25, 0.3) is 5.91 Å². The molecule has 4 rings (SSSR count). The summed E-state index contributed by atoms with van der Waals surface area (Å²) in [5, 5.41) is 0. The molecule has 0 aliphatic carbocycles. The van der Waals surface area contributed by atoms with E-state index in [9.17, 15) is 9.59 Å². The van der Waals surface area contributed by atoms with Crippen LogP contribution < -0.4 is 10.6 Å². The maximum absolute atomic E-state index is 14.0. The van der Waals surface area contributed by atoms with E-state index >= 15 is 0 Å². The zero-order chi connectivity index (χ0) is 22.6. The summed E-state index contributed by atoms with van der Waals surface area (Å²) in [6.07, 6.45) is 0.810. The number of ether oxygens (including phenoxy) is 1. The van der Waals surface area contributed by atoms with E-state index in [2.05, 4.69) is 0 Å². The molecule has 0 radical (unpaired) electrons. The monoisotopic (exact) mass is 429 g/mol. The van der Waals surface area contributed by atoms with Crippen molar-refractivity contribution in [2.75, 3.05) is 17.2 Å². The molecule has 6 nitrogen and oxygen atoms in total. The average Bonchev–Trinajstić information content (AvgIpc) is 3.23. The summed E-state index contributed by atoms with van der Waals surface area (Å²) < 4.78 is 5.56. The Kier molecular flexibility index (Phi) is 6.12. The molecule has 164 valence electrons. The highest BCUT2D eigenvalue weighted by atomic mass is 16.6. The maximum atomic E-state index is 14.0. The smallest absolute Gasteiger partial charge is 0.410 e. The number of carbonyl (C=O) groups is 2. The molecule has 0 spiro atoms. The van der Waals surface area contributed by atoms with E-state index in [0.717, 1.165) is 17.7 Å². The molecule has 32 heavy (non-hydrogen) atoms. The van der Waals surface area contributed by atoms with Gasteiger partial charge in [0.2, 0.25) is 0 Å². The molecular formula is C26H27N3O3. The molecule has 3 aromatic carbocycles. The third-order valence-corrected chi connectivity index (χ3v) is 5.90. The zero-order valence-corrected chi connectivity index (χ0v) is 18.1. The fraction of sp³-hybridized carbons (Fsp3) is 0.231. The maximum Gasteiger partial charge on any atom is 0.410 e. The van der Waals surface area contributed by atoms with E-state index in [4.69, 9.17) is 10.5 Å². The Morgan fingerprint density at radius 2 is 1.53 bits per heavy atom. The number of benzene rings is 3. The molecule has 2 amide bonds. The molecule has 1 unspecified atom stereocenters. The normalized spacial score (nSPS) is 17.7. The fourth-order valence-corrected chi connectivity index (χ4v) is 4.10. The van der Waals surface area contributed by atoms with Gasteiger partial charge in [0.05, 0.1) is 0 Å². The predicted octanol–water partition coefficient (Wildman–Crippen LogP) is 5.12. The van der Waals surface area contributed by atoms with Crippen molar-refractivity contribution in [1.82, 2.24) is 4.90 Å². The lowest BCUT2D eigenvalue weighted by Gasteiger charge is -2.37. The summed E-state index contributed by atoms with van der Waals surface area (Å²) in [5.41, 5.74) is 7.78. The number of carbonyl (C=O) groups excluding carboxylic acids is 2. The van der Waals surface area contributed by atoms with Gasteiger partial charge < -0.3 is 10.5 Å². The van der Waals surface area contributed by atoms with Crippen molar-refractivity contribution in [2.24, 2.45) is 0 Å². The summed E-state index contributed by atoms with van der Waals surface area (Å²) in [7, 11) is 0. The van der Waals surface area contributed by atoms with Crippen molar-refractivity contribution in [3.05, 3.63) is 90.5 Å². The number of amides is 2. The molecule has 1 aliphatic rings. The number of hydrogen-bond donors (Lipinski definition) is 1.